The van der Waals surface area contributed by atoms with E-state index in [-0.39, 0.29) is 28.5 Å². The average molecular weight is 807 g/mol. The lowest BCUT2D eigenvalue weighted by atomic mass is 9.76. The molecule has 5 rings (SSSR count). The minimum absolute atomic E-state index is 0.111. The fourth-order valence-corrected chi connectivity index (χ4v) is 13.0. The number of hydrogen-bond acceptors (Lipinski definition) is 8. The molecule has 57 heavy (non-hydrogen) atoms. The zero-order valence-corrected chi connectivity index (χ0v) is 36.4. The number of benzene rings is 4. The monoisotopic (exact) mass is 806 g/mol. The Morgan fingerprint density at radius 1 is 0.825 bits per heavy atom. The van der Waals surface area contributed by atoms with Crippen LogP contribution in [0.5, 0.6) is 0 Å². The average Bonchev–Trinajstić information content (AvgIpc) is 3.19. The van der Waals surface area contributed by atoms with E-state index in [4.69, 9.17) is 13.9 Å². The van der Waals surface area contributed by atoms with E-state index in [1.54, 1.807) is 31.2 Å². The molecule has 300 valence electrons. The molecule has 1 saturated heterocycles. The molecule has 0 N–H and O–H groups in total. The molecule has 4 atom stereocenters. The standard InChI is InChI=1S/C46H55N2O7PSi/c1-11-31-53-45(52)42(56(36-21-15-12-16-22-36,37-23-17-13-18-24-37)38-25-19-14-20-26-38)48-40(39(41(48)49)33(3)55-57(9,10)46(4,5)6)32(2)43(50)54-44(51)34-27-29-35(30-28-34)47(7)8/h11-30,32-33,39-40H,1,31H2,2-10H3/t32-,33-,39-,40+/m1/s1. The van der Waals surface area contributed by atoms with Crippen LogP contribution in [0.4, 0.5) is 5.69 Å². The normalized spacial score (nSPS) is 16.8. The van der Waals surface area contributed by atoms with Gasteiger partial charge in [0.2, 0.25) is 5.91 Å². The molecule has 0 aliphatic carbocycles. The van der Waals surface area contributed by atoms with E-state index in [1.807, 2.05) is 117 Å². The van der Waals surface area contributed by atoms with Gasteiger partial charge < -0.3 is 23.7 Å². The van der Waals surface area contributed by atoms with Crippen LogP contribution >= 0.6 is 6.89 Å². The lowest BCUT2D eigenvalue weighted by Gasteiger charge is -2.54. The number of amides is 1. The van der Waals surface area contributed by atoms with Crippen LogP contribution in [0, 0.1) is 11.8 Å². The van der Waals surface area contributed by atoms with Crippen molar-refractivity contribution < 1.29 is 33.1 Å². The molecule has 0 saturated carbocycles. The number of carbonyl (C=O) groups excluding carboxylic acids is 4. The Morgan fingerprint density at radius 3 is 1.72 bits per heavy atom. The second kappa shape index (κ2) is 17.6. The van der Waals surface area contributed by atoms with Gasteiger partial charge in [-0.2, -0.15) is 0 Å². The third-order valence-corrected chi connectivity index (χ3v) is 20.0. The Kier molecular flexibility index (Phi) is 13.3. The first-order chi connectivity index (χ1) is 27.0. The van der Waals surface area contributed by atoms with Crippen LogP contribution in [-0.2, 0) is 28.3 Å². The largest absolute Gasteiger partial charge is 0.457 e. The Morgan fingerprint density at radius 2 is 1.30 bits per heavy atom. The summed E-state index contributed by atoms with van der Waals surface area (Å²) in [6.45, 7) is 14.5. The molecule has 0 radical (unpaired) electrons. The highest BCUT2D eigenvalue weighted by molar-refractivity contribution is 7.96. The van der Waals surface area contributed by atoms with Gasteiger partial charge >= 0.3 is 17.9 Å². The zero-order chi connectivity index (χ0) is 41.7. The quantitative estimate of drug-likeness (QED) is 0.0331. The van der Waals surface area contributed by atoms with Crippen LogP contribution in [0.15, 0.2) is 128 Å². The molecule has 9 nitrogen and oxygen atoms in total. The highest BCUT2D eigenvalue weighted by Gasteiger charge is 2.60. The van der Waals surface area contributed by atoms with Crippen molar-refractivity contribution >= 4 is 66.0 Å². The summed E-state index contributed by atoms with van der Waals surface area (Å²) < 4.78 is 18.4. The fraction of sp³-hybridized carbons (Fsp3) is 0.326. The van der Waals surface area contributed by atoms with Crippen LogP contribution in [0.1, 0.15) is 45.0 Å². The number of hydrogen-bond donors (Lipinski definition) is 0. The summed E-state index contributed by atoms with van der Waals surface area (Å²) in [7, 11) is 1.33. The number of likely N-dealkylation sites (tertiary alicyclic amines) is 1. The fourth-order valence-electron chi connectivity index (χ4n) is 7.15. The van der Waals surface area contributed by atoms with Gasteiger partial charge in [0.25, 0.3) is 0 Å². The number of rotatable bonds is 14. The zero-order valence-electron chi connectivity index (χ0n) is 34.5. The van der Waals surface area contributed by atoms with E-state index < -0.39 is 57.1 Å². The predicted octanol–water partition coefficient (Wildman–Crippen LogP) is 7.16. The molecule has 1 fully saturated rings. The van der Waals surface area contributed by atoms with Gasteiger partial charge in [0.1, 0.15) is 12.0 Å². The van der Waals surface area contributed by atoms with Gasteiger partial charge in [0.15, 0.2) is 8.32 Å². The molecular formula is C46H55N2O7PSi. The molecule has 0 bridgehead atoms. The summed E-state index contributed by atoms with van der Waals surface area (Å²) in [5.74, 6) is -4.67. The summed E-state index contributed by atoms with van der Waals surface area (Å²) in [4.78, 5) is 61.3. The van der Waals surface area contributed by atoms with Crippen LogP contribution in [0.25, 0.3) is 0 Å². The minimum Gasteiger partial charge on any atom is -0.457 e. The smallest absolute Gasteiger partial charge is 0.356 e. The van der Waals surface area contributed by atoms with Crippen molar-refractivity contribution in [2.45, 2.75) is 64.9 Å². The lowest BCUT2D eigenvalue weighted by molar-refractivity contribution is -0.165. The Bertz CT molecular complexity index is 2030. The van der Waals surface area contributed by atoms with E-state index >= 15 is 4.79 Å². The predicted molar refractivity (Wildman–Crippen MR) is 234 cm³/mol. The molecule has 0 aromatic heterocycles. The molecular weight excluding hydrogens is 752 g/mol. The van der Waals surface area contributed by atoms with Gasteiger partial charge in [0, 0.05) is 26.7 Å². The molecule has 0 spiro atoms. The number of ether oxygens (including phenoxy) is 2. The molecule has 1 heterocycles. The van der Waals surface area contributed by atoms with Crippen molar-refractivity contribution in [3.8, 4) is 0 Å². The number of nitrogens with zero attached hydrogens (tertiary/aromatic N) is 2. The second-order valence-corrected chi connectivity index (χ2v) is 24.2. The molecule has 0 unspecified atom stereocenters. The first-order valence-electron chi connectivity index (χ1n) is 19.2. The maximum Gasteiger partial charge on any atom is 0.356 e. The molecule has 4 aromatic rings. The van der Waals surface area contributed by atoms with Gasteiger partial charge in [-0.15, -0.1) is 0 Å². The van der Waals surface area contributed by atoms with E-state index in [0.717, 1.165) is 21.6 Å². The van der Waals surface area contributed by atoms with Crippen LogP contribution in [0.3, 0.4) is 0 Å². The summed E-state index contributed by atoms with van der Waals surface area (Å²) >= 11 is 0. The third kappa shape index (κ3) is 8.64. The third-order valence-electron chi connectivity index (χ3n) is 11.2. The summed E-state index contributed by atoms with van der Waals surface area (Å²) in [6.07, 6.45) is 0.834. The SMILES string of the molecule is C=CCOC(=O)C(N1C(=O)[C@H]([C@@H](C)O[Si](C)(C)C(C)(C)C)[C@@H]1[C@@H](C)C(=O)OC(=O)c1ccc(N(C)C)cc1)=P(c1ccccc1)(c1ccccc1)c1ccccc1. The van der Waals surface area contributed by atoms with Crippen LogP contribution in [-0.4, -0.2) is 75.3 Å². The van der Waals surface area contributed by atoms with E-state index in [0.29, 0.717) is 0 Å². The van der Waals surface area contributed by atoms with Gasteiger partial charge in [0.05, 0.1) is 29.5 Å². The summed E-state index contributed by atoms with van der Waals surface area (Å²) in [5.41, 5.74) is 1.20. The number of esters is 3. The number of carbonyl (C=O) groups is 4. The second-order valence-electron chi connectivity index (χ2n) is 16.1. The Labute approximate surface area is 338 Å². The van der Waals surface area contributed by atoms with Gasteiger partial charge in [-0.3, -0.25) is 9.59 Å². The first-order valence-corrected chi connectivity index (χ1v) is 23.9. The molecule has 1 amide bonds. The summed E-state index contributed by atoms with van der Waals surface area (Å²) in [5, 5.41) is 2.24. The lowest BCUT2D eigenvalue weighted by Crippen LogP contribution is -2.71. The van der Waals surface area contributed by atoms with Crippen molar-refractivity contribution in [2.75, 3.05) is 25.6 Å². The van der Waals surface area contributed by atoms with Crippen molar-refractivity contribution in [3.63, 3.8) is 0 Å². The van der Waals surface area contributed by atoms with Gasteiger partial charge in [-0.05, 0) is 72.2 Å². The highest BCUT2D eigenvalue weighted by atomic mass is 31.2. The number of anilines is 1. The maximum atomic E-state index is 15.2. The maximum absolute atomic E-state index is 15.2. The minimum atomic E-state index is -3.28. The van der Waals surface area contributed by atoms with E-state index in [9.17, 15) is 14.4 Å². The van der Waals surface area contributed by atoms with Crippen molar-refractivity contribution in [3.05, 3.63) is 133 Å². The topological polar surface area (TPSA) is 102 Å². The Hall–Kier alpha value is -5.02. The highest BCUT2D eigenvalue weighted by Crippen LogP contribution is 2.51. The van der Waals surface area contributed by atoms with Gasteiger partial charge in [-0.25, -0.2) is 9.59 Å². The van der Waals surface area contributed by atoms with Crippen molar-refractivity contribution in [2.24, 2.45) is 11.8 Å². The molecule has 1 aliphatic rings. The van der Waals surface area contributed by atoms with Crippen molar-refractivity contribution in [1.29, 1.82) is 0 Å². The van der Waals surface area contributed by atoms with E-state index in [1.165, 1.54) is 11.0 Å². The molecule has 4 aromatic carbocycles. The Balaban J connectivity index is 1.78. The van der Waals surface area contributed by atoms with Crippen LogP contribution < -0.4 is 20.8 Å². The van der Waals surface area contributed by atoms with E-state index in [2.05, 4.69) is 40.4 Å². The van der Waals surface area contributed by atoms with Gasteiger partial charge in [-0.1, -0.05) is 124 Å². The van der Waals surface area contributed by atoms with Crippen LogP contribution in [0.2, 0.25) is 18.1 Å². The van der Waals surface area contributed by atoms with Crippen molar-refractivity contribution in [1.82, 2.24) is 4.90 Å². The molecule has 11 heteroatoms. The summed E-state index contributed by atoms with van der Waals surface area (Å²) in [6, 6.07) is 34.7. The molecule has 1 aliphatic heterocycles. The first kappa shape index (κ1) is 43.1. The number of β-lactam (4-membered cyclic amide) rings is 1.